The van der Waals surface area contributed by atoms with Gasteiger partial charge in [0.1, 0.15) is 11.5 Å². The first kappa shape index (κ1) is 7.80. The summed E-state index contributed by atoms with van der Waals surface area (Å²) in [6, 6.07) is 2.06. The molecule has 0 amide bonds. The second kappa shape index (κ2) is 4.95. The molecule has 0 aliphatic rings. The second-order valence-electron chi connectivity index (χ2n) is 1.44. The van der Waals surface area contributed by atoms with Crippen LogP contribution in [0.2, 0.25) is 0 Å². The quantitative estimate of drug-likeness (QED) is 0.564. The highest BCUT2D eigenvalue weighted by Gasteiger charge is 2.05. The molecule has 0 saturated heterocycles. The molecule has 0 bridgehead atoms. The zero-order valence-electron chi connectivity index (χ0n) is 5.05. The Morgan fingerprint density at radius 2 is 2.38 bits per heavy atom. The van der Waals surface area contributed by atoms with E-state index in [0.29, 0.717) is 6.42 Å². The van der Waals surface area contributed by atoms with E-state index in [1.165, 1.54) is 0 Å². The van der Waals surface area contributed by atoms with Crippen molar-refractivity contribution in [1.29, 1.82) is 5.26 Å². The summed E-state index contributed by atoms with van der Waals surface area (Å²) in [7, 11) is 0. The van der Waals surface area contributed by atoms with Gasteiger partial charge in [0.25, 0.3) is 0 Å². The predicted octanol–water partition coefficient (Wildman–Crippen LogP) is 0.412. The van der Waals surface area contributed by atoms with E-state index in [9.17, 15) is 0 Å². The van der Waals surface area contributed by atoms with Gasteiger partial charge in [-0.2, -0.15) is 10.4 Å². The number of rotatable bonds is 3. The molecular formula is C5H11N2S+. The van der Waals surface area contributed by atoms with Crippen LogP contribution in [-0.4, -0.2) is 11.5 Å². The smallest absolute Gasteiger partial charge is 0.140 e. The predicted molar refractivity (Wildman–Crippen MR) is 37.2 cm³/mol. The molecular weight excluding hydrogens is 120 g/mol. The van der Waals surface area contributed by atoms with Gasteiger partial charge in [-0.05, 0) is 6.92 Å². The lowest BCUT2D eigenvalue weighted by Gasteiger charge is -1.91. The van der Waals surface area contributed by atoms with E-state index in [-0.39, 0.29) is 11.1 Å². The van der Waals surface area contributed by atoms with Gasteiger partial charge in [-0.15, -0.1) is 0 Å². The molecule has 0 saturated carbocycles. The summed E-state index contributed by atoms with van der Waals surface area (Å²) in [4.78, 5) is 0. The van der Waals surface area contributed by atoms with Gasteiger partial charge in [-0.1, -0.05) is 0 Å². The highest BCUT2D eigenvalue weighted by atomic mass is 32.2. The van der Waals surface area contributed by atoms with Gasteiger partial charge in [-0.25, -0.2) is 0 Å². The summed E-state index contributed by atoms with van der Waals surface area (Å²) in [5.74, 6) is 1.87. The molecule has 0 spiro atoms. The zero-order chi connectivity index (χ0) is 6.41. The summed E-state index contributed by atoms with van der Waals surface area (Å²) in [6.07, 6.45) is 0.605. The van der Waals surface area contributed by atoms with E-state index >= 15 is 0 Å². The summed E-state index contributed by atoms with van der Waals surface area (Å²) in [5, 5.41) is 13.6. The van der Waals surface area contributed by atoms with Gasteiger partial charge >= 0.3 is 0 Å². The molecule has 0 aromatic rings. The Morgan fingerprint density at radius 3 is 2.75 bits per heavy atom. The van der Waals surface area contributed by atoms with Crippen LogP contribution in [0.25, 0.3) is 0 Å². The van der Waals surface area contributed by atoms with E-state index in [0.717, 1.165) is 11.5 Å². The Labute approximate surface area is 53.2 Å². The first-order chi connectivity index (χ1) is 3.81. The maximum absolute atomic E-state index is 8.11. The molecule has 2 nitrogen and oxygen atoms in total. The van der Waals surface area contributed by atoms with Gasteiger partial charge in [0.15, 0.2) is 0 Å². The van der Waals surface area contributed by atoms with Gasteiger partial charge in [0.05, 0.1) is 23.6 Å². The molecule has 0 aliphatic heterocycles. The van der Waals surface area contributed by atoms with Crippen LogP contribution >= 0.6 is 0 Å². The summed E-state index contributed by atoms with van der Waals surface area (Å²) in [6.45, 7) is 2.04. The van der Waals surface area contributed by atoms with Crippen LogP contribution in [-0.2, 0) is 11.1 Å². The Kier molecular flexibility index (Phi) is 4.82. The van der Waals surface area contributed by atoms with Crippen molar-refractivity contribution in [3.8, 4) is 6.07 Å². The Balaban J connectivity index is 3.01. The van der Waals surface area contributed by atoms with Crippen LogP contribution in [0.1, 0.15) is 13.3 Å². The standard InChI is InChI=1S/C5H11N2S/c1-2-8(7)5-3-4-6/h2-3,5,7H2,1H3/q+1. The Hall–Kier alpha value is -0.200. The molecule has 0 aromatic carbocycles. The van der Waals surface area contributed by atoms with Gasteiger partial charge in [0.2, 0.25) is 0 Å². The van der Waals surface area contributed by atoms with E-state index in [1.807, 2.05) is 6.92 Å². The minimum Gasteiger partial charge on any atom is -0.198 e. The summed E-state index contributed by atoms with van der Waals surface area (Å²) >= 11 is 0.000633. The van der Waals surface area contributed by atoms with E-state index in [1.54, 1.807) is 0 Å². The fraction of sp³-hybridized carbons (Fsp3) is 0.800. The van der Waals surface area contributed by atoms with Crippen molar-refractivity contribution in [3.05, 3.63) is 0 Å². The zero-order valence-corrected chi connectivity index (χ0v) is 5.87. The fourth-order valence-corrected chi connectivity index (χ4v) is 0.963. The lowest BCUT2D eigenvalue weighted by molar-refractivity contribution is 1.22. The monoisotopic (exact) mass is 131 g/mol. The molecule has 0 aromatic heterocycles. The maximum atomic E-state index is 8.11. The van der Waals surface area contributed by atoms with E-state index < -0.39 is 0 Å². The molecule has 2 N–H and O–H groups in total. The third kappa shape index (κ3) is 3.97. The first-order valence-electron chi connectivity index (χ1n) is 2.60. The molecule has 1 unspecified atom stereocenters. The SMILES string of the molecule is CC[S+](N)CCC#N. The van der Waals surface area contributed by atoms with Crippen LogP contribution in [0.5, 0.6) is 0 Å². The van der Waals surface area contributed by atoms with Crippen molar-refractivity contribution in [2.24, 2.45) is 5.14 Å². The molecule has 0 rings (SSSR count). The molecule has 3 heteroatoms. The lowest BCUT2D eigenvalue weighted by Crippen LogP contribution is -2.19. The topological polar surface area (TPSA) is 49.8 Å². The van der Waals surface area contributed by atoms with Crippen LogP contribution in [0, 0.1) is 11.3 Å². The number of nitrogens with zero attached hydrogens (tertiary/aromatic N) is 1. The van der Waals surface area contributed by atoms with Crippen LogP contribution < -0.4 is 5.14 Å². The van der Waals surface area contributed by atoms with Crippen molar-refractivity contribution in [3.63, 3.8) is 0 Å². The van der Waals surface area contributed by atoms with Crippen molar-refractivity contribution >= 4 is 11.1 Å². The second-order valence-corrected chi connectivity index (χ2v) is 3.50. The minimum absolute atomic E-state index is 0.000633. The maximum Gasteiger partial charge on any atom is 0.140 e. The summed E-state index contributed by atoms with van der Waals surface area (Å²) in [5.41, 5.74) is 0. The third-order valence-electron chi connectivity index (χ3n) is 0.847. The normalized spacial score (nSPS) is 12.6. The van der Waals surface area contributed by atoms with Gasteiger partial charge in [-0.3, -0.25) is 0 Å². The van der Waals surface area contributed by atoms with E-state index in [2.05, 4.69) is 6.07 Å². The molecule has 0 radical (unpaired) electrons. The van der Waals surface area contributed by atoms with Crippen molar-refractivity contribution < 1.29 is 0 Å². The van der Waals surface area contributed by atoms with Gasteiger partial charge in [0, 0.05) is 0 Å². The van der Waals surface area contributed by atoms with Crippen LogP contribution in [0.3, 0.4) is 0 Å². The number of hydrogen-bond donors (Lipinski definition) is 1. The molecule has 0 aliphatic carbocycles. The Morgan fingerprint density at radius 1 is 1.75 bits per heavy atom. The van der Waals surface area contributed by atoms with Crippen LogP contribution in [0.15, 0.2) is 0 Å². The molecule has 0 heterocycles. The number of nitriles is 1. The van der Waals surface area contributed by atoms with E-state index in [4.69, 9.17) is 10.4 Å². The minimum atomic E-state index is 0.000633. The Bertz CT molecular complexity index is 86.9. The lowest BCUT2D eigenvalue weighted by atomic mass is 10.6. The van der Waals surface area contributed by atoms with Crippen molar-refractivity contribution in [2.45, 2.75) is 13.3 Å². The van der Waals surface area contributed by atoms with Crippen LogP contribution in [0.4, 0.5) is 0 Å². The average Bonchev–Trinajstić information content (AvgIpc) is 1.83. The van der Waals surface area contributed by atoms with Crippen molar-refractivity contribution in [1.82, 2.24) is 0 Å². The highest BCUT2D eigenvalue weighted by Crippen LogP contribution is 1.87. The highest BCUT2D eigenvalue weighted by molar-refractivity contribution is 7.94. The third-order valence-corrected chi connectivity index (χ3v) is 2.32. The molecule has 46 valence electrons. The van der Waals surface area contributed by atoms with Gasteiger partial charge < -0.3 is 0 Å². The largest absolute Gasteiger partial charge is 0.198 e. The first-order valence-corrected chi connectivity index (χ1v) is 4.22. The average molecular weight is 131 g/mol. The number of nitrogens with two attached hydrogens (primary N) is 1. The van der Waals surface area contributed by atoms with Crippen molar-refractivity contribution in [2.75, 3.05) is 11.5 Å². The molecule has 0 fully saturated rings. The molecule has 1 atom stereocenters. The fourth-order valence-electron chi connectivity index (χ4n) is 0.321. The molecule has 8 heavy (non-hydrogen) atoms. The summed E-state index contributed by atoms with van der Waals surface area (Å²) < 4.78 is 0. The number of hydrogen-bond acceptors (Lipinski definition) is 2.